The zero-order valence-electron chi connectivity index (χ0n) is 11.6. The fraction of sp³-hybridized carbons (Fsp3) is 0.357. The highest BCUT2D eigenvalue weighted by atomic mass is 32.1. The molecule has 0 bridgehead atoms. The fourth-order valence-electron chi connectivity index (χ4n) is 1.76. The highest BCUT2D eigenvalue weighted by Crippen LogP contribution is 2.09. The topological polar surface area (TPSA) is 66.9 Å². The van der Waals surface area contributed by atoms with Crippen LogP contribution in [0.5, 0.6) is 0 Å². The van der Waals surface area contributed by atoms with Crippen molar-refractivity contribution in [3.63, 3.8) is 0 Å². The SMILES string of the molecule is Cc1ccc(CCNC(=O)NC(C)c2csnn2)cc1. The van der Waals surface area contributed by atoms with Gasteiger partial charge in [-0.25, -0.2) is 4.79 Å². The summed E-state index contributed by atoms with van der Waals surface area (Å²) in [5.41, 5.74) is 3.24. The van der Waals surface area contributed by atoms with Gasteiger partial charge in [-0.15, -0.1) is 5.10 Å². The molecule has 1 aromatic carbocycles. The van der Waals surface area contributed by atoms with E-state index in [1.807, 2.05) is 12.3 Å². The lowest BCUT2D eigenvalue weighted by molar-refractivity contribution is 0.238. The van der Waals surface area contributed by atoms with Crippen LogP contribution in [-0.2, 0) is 6.42 Å². The van der Waals surface area contributed by atoms with E-state index < -0.39 is 0 Å². The molecule has 1 unspecified atom stereocenters. The van der Waals surface area contributed by atoms with Crippen molar-refractivity contribution in [1.82, 2.24) is 20.2 Å². The number of aromatic nitrogens is 2. The smallest absolute Gasteiger partial charge is 0.315 e. The van der Waals surface area contributed by atoms with E-state index in [2.05, 4.69) is 51.4 Å². The molecule has 0 aliphatic carbocycles. The summed E-state index contributed by atoms with van der Waals surface area (Å²) in [7, 11) is 0. The molecule has 0 aliphatic rings. The maximum atomic E-state index is 11.7. The second kappa shape index (κ2) is 7.00. The number of carbonyl (C=O) groups excluding carboxylic acids is 1. The average Bonchev–Trinajstić information content (AvgIpc) is 2.95. The lowest BCUT2D eigenvalue weighted by atomic mass is 10.1. The minimum Gasteiger partial charge on any atom is -0.338 e. The number of benzene rings is 1. The van der Waals surface area contributed by atoms with E-state index in [0.717, 1.165) is 12.1 Å². The predicted octanol–water partition coefficient (Wildman–Crippen LogP) is 2.45. The molecule has 0 spiro atoms. The van der Waals surface area contributed by atoms with Crippen LogP contribution in [0.1, 0.15) is 29.8 Å². The summed E-state index contributed by atoms with van der Waals surface area (Å²) in [6.07, 6.45) is 0.820. The fourth-order valence-corrected chi connectivity index (χ4v) is 2.31. The van der Waals surface area contributed by atoms with Gasteiger partial charge in [-0.3, -0.25) is 0 Å². The first-order valence-corrected chi connectivity index (χ1v) is 7.35. The molecule has 6 heteroatoms. The van der Waals surface area contributed by atoms with E-state index in [1.54, 1.807) is 0 Å². The Bertz CT molecular complexity index is 539. The number of hydrogen-bond donors (Lipinski definition) is 2. The van der Waals surface area contributed by atoms with Crippen LogP contribution in [-0.4, -0.2) is 22.2 Å². The van der Waals surface area contributed by atoms with Gasteiger partial charge in [-0.1, -0.05) is 34.3 Å². The van der Waals surface area contributed by atoms with Crippen molar-refractivity contribution in [2.24, 2.45) is 0 Å². The van der Waals surface area contributed by atoms with Gasteiger partial charge in [0.1, 0.15) is 0 Å². The molecular weight excluding hydrogens is 272 g/mol. The summed E-state index contributed by atoms with van der Waals surface area (Å²) in [5, 5.41) is 11.4. The van der Waals surface area contributed by atoms with Crippen LogP contribution in [0.4, 0.5) is 4.79 Å². The third kappa shape index (κ3) is 4.31. The molecule has 1 heterocycles. The number of urea groups is 1. The van der Waals surface area contributed by atoms with Gasteiger partial charge in [-0.05, 0) is 37.4 Å². The van der Waals surface area contributed by atoms with Gasteiger partial charge in [0.2, 0.25) is 0 Å². The van der Waals surface area contributed by atoms with Crippen LogP contribution in [0.3, 0.4) is 0 Å². The van der Waals surface area contributed by atoms with Gasteiger partial charge >= 0.3 is 6.03 Å². The van der Waals surface area contributed by atoms with Gasteiger partial charge in [0.05, 0.1) is 11.7 Å². The molecule has 5 nitrogen and oxygen atoms in total. The maximum absolute atomic E-state index is 11.7. The third-order valence-electron chi connectivity index (χ3n) is 2.99. The van der Waals surface area contributed by atoms with Crippen LogP contribution < -0.4 is 10.6 Å². The van der Waals surface area contributed by atoms with Crippen LogP contribution in [0.2, 0.25) is 0 Å². The molecule has 20 heavy (non-hydrogen) atoms. The van der Waals surface area contributed by atoms with E-state index in [1.165, 1.54) is 22.7 Å². The minimum absolute atomic E-state index is 0.131. The van der Waals surface area contributed by atoms with E-state index in [0.29, 0.717) is 6.54 Å². The summed E-state index contributed by atoms with van der Waals surface area (Å²) in [6, 6.07) is 8.00. The van der Waals surface area contributed by atoms with Gasteiger partial charge < -0.3 is 10.6 Å². The molecule has 106 valence electrons. The zero-order valence-corrected chi connectivity index (χ0v) is 12.4. The van der Waals surface area contributed by atoms with Crippen molar-refractivity contribution in [2.75, 3.05) is 6.54 Å². The summed E-state index contributed by atoms with van der Waals surface area (Å²) in [5.74, 6) is 0. The van der Waals surface area contributed by atoms with Crippen LogP contribution >= 0.6 is 11.5 Å². The molecule has 0 saturated heterocycles. The molecule has 0 aliphatic heterocycles. The summed E-state index contributed by atoms with van der Waals surface area (Å²) < 4.78 is 3.78. The van der Waals surface area contributed by atoms with Gasteiger partial charge in [-0.2, -0.15) is 0 Å². The number of amides is 2. The largest absolute Gasteiger partial charge is 0.338 e. The minimum atomic E-state index is -0.183. The third-order valence-corrected chi connectivity index (χ3v) is 3.51. The molecule has 1 aromatic heterocycles. The van der Waals surface area contributed by atoms with Crippen molar-refractivity contribution < 1.29 is 4.79 Å². The number of hydrogen-bond acceptors (Lipinski definition) is 4. The lowest BCUT2D eigenvalue weighted by Gasteiger charge is -2.12. The number of aryl methyl sites for hydroxylation is 1. The van der Waals surface area contributed by atoms with Gasteiger partial charge in [0.25, 0.3) is 0 Å². The highest BCUT2D eigenvalue weighted by Gasteiger charge is 2.11. The zero-order chi connectivity index (χ0) is 14.4. The van der Waals surface area contributed by atoms with Gasteiger partial charge in [0, 0.05) is 11.9 Å². The molecule has 1 atom stereocenters. The molecule has 2 aromatic rings. The summed E-state index contributed by atoms with van der Waals surface area (Å²) in [4.78, 5) is 11.7. The number of nitrogens with zero attached hydrogens (tertiary/aromatic N) is 2. The standard InChI is InChI=1S/C14H18N4OS/c1-10-3-5-12(6-4-10)7-8-15-14(19)16-11(2)13-9-20-18-17-13/h3-6,9,11H,7-8H2,1-2H3,(H2,15,16,19). The summed E-state index contributed by atoms with van der Waals surface area (Å²) in [6.45, 7) is 4.55. The molecule has 2 N–H and O–H groups in total. The van der Waals surface area contributed by atoms with E-state index in [-0.39, 0.29) is 12.1 Å². The molecular formula is C14H18N4OS. The molecule has 0 saturated carbocycles. The normalized spacial score (nSPS) is 11.9. The van der Waals surface area contributed by atoms with E-state index >= 15 is 0 Å². The molecule has 0 fully saturated rings. The van der Waals surface area contributed by atoms with E-state index in [9.17, 15) is 4.79 Å². The Balaban J connectivity index is 1.71. The molecule has 2 rings (SSSR count). The Labute approximate surface area is 122 Å². The van der Waals surface area contributed by atoms with Crippen molar-refractivity contribution in [1.29, 1.82) is 0 Å². The quantitative estimate of drug-likeness (QED) is 0.889. The first-order valence-electron chi connectivity index (χ1n) is 6.52. The lowest BCUT2D eigenvalue weighted by Crippen LogP contribution is -2.38. The highest BCUT2D eigenvalue weighted by molar-refractivity contribution is 7.03. The van der Waals surface area contributed by atoms with E-state index in [4.69, 9.17) is 0 Å². The first kappa shape index (κ1) is 14.5. The first-order chi connectivity index (χ1) is 9.65. The number of carbonyl (C=O) groups is 1. The Kier molecular flexibility index (Phi) is 5.06. The van der Waals surface area contributed by atoms with Crippen LogP contribution in [0.25, 0.3) is 0 Å². The Hall–Kier alpha value is -1.95. The van der Waals surface area contributed by atoms with Crippen LogP contribution in [0, 0.1) is 6.92 Å². The summed E-state index contributed by atoms with van der Waals surface area (Å²) >= 11 is 1.28. The molecule has 2 amide bonds. The monoisotopic (exact) mass is 290 g/mol. The van der Waals surface area contributed by atoms with Crippen molar-refractivity contribution >= 4 is 17.6 Å². The average molecular weight is 290 g/mol. The predicted molar refractivity (Wildman–Crippen MR) is 79.7 cm³/mol. The second-order valence-electron chi connectivity index (χ2n) is 4.69. The number of rotatable bonds is 5. The molecule has 0 radical (unpaired) electrons. The Morgan fingerprint density at radius 1 is 1.35 bits per heavy atom. The second-order valence-corrected chi connectivity index (χ2v) is 5.30. The van der Waals surface area contributed by atoms with Crippen molar-refractivity contribution in [3.05, 3.63) is 46.5 Å². The van der Waals surface area contributed by atoms with Crippen molar-refractivity contribution in [2.45, 2.75) is 26.3 Å². The Morgan fingerprint density at radius 2 is 2.10 bits per heavy atom. The Morgan fingerprint density at radius 3 is 2.75 bits per heavy atom. The van der Waals surface area contributed by atoms with Crippen LogP contribution in [0.15, 0.2) is 29.6 Å². The van der Waals surface area contributed by atoms with Crippen molar-refractivity contribution in [3.8, 4) is 0 Å². The number of nitrogens with one attached hydrogen (secondary N) is 2. The maximum Gasteiger partial charge on any atom is 0.315 e. The van der Waals surface area contributed by atoms with Gasteiger partial charge in [0.15, 0.2) is 0 Å².